The highest BCUT2D eigenvalue weighted by molar-refractivity contribution is 9.10. The molecule has 3 heterocycles. The van der Waals surface area contributed by atoms with E-state index in [-0.39, 0.29) is 23.5 Å². The van der Waals surface area contributed by atoms with E-state index in [0.29, 0.717) is 21.2 Å². The maximum absolute atomic E-state index is 14.5. The summed E-state index contributed by atoms with van der Waals surface area (Å²) < 4.78 is 53.7. The van der Waals surface area contributed by atoms with Gasteiger partial charge in [0.05, 0.1) is 34.0 Å². The average molecular weight is 549 g/mol. The van der Waals surface area contributed by atoms with Crippen LogP contribution in [0.4, 0.5) is 23.4 Å². The van der Waals surface area contributed by atoms with Gasteiger partial charge in [-0.3, -0.25) is 9.78 Å². The van der Waals surface area contributed by atoms with Gasteiger partial charge in [0.2, 0.25) is 0 Å². The van der Waals surface area contributed by atoms with Gasteiger partial charge >= 0.3 is 6.18 Å². The predicted molar refractivity (Wildman–Crippen MR) is 123 cm³/mol. The summed E-state index contributed by atoms with van der Waals surface area (Å²) in [6.45, 7) is 1.34. The first-order valence-corrected chi connectivity index (χ1v) is 11.0. The molecule has 4 rings (SSSR count). The van der Waals surface area contributed by atoms with E-state index in [9.17, 15) is 22.4 Å². The van der Waals surface area contributed by atoms with Gasteiger partial charge in [0, 0.05) is 17.1 Å². The van der Waals surface area contributed by atoms with Crippen LogP contribution < -0.4 is 5.73 Å². The van der Waals surface area contributed by atoms with Crippen LogP contribution in [0.25, 0.3) is 10.9 Å². The molecular formula is C23H17BrF4N6O. The topological polar surface area (TPSA) is 97.9 Å². The van der Waals surface area contributed by atoms with Gasteiger partial charge in [0.15, 0.2) is 5.69 Å². The van der Waals surface area contributed by atoms with Gasteiger partial charge in [-0.15, -0.1) is 5.10 Å². The number of halogens is 5. The van der Waals surface area contributed by atoms with Crippen LogP contribution in [-0.2, 0) is 12.7 Å². The molecule has 1 unspecified atom stereocenters. The van der Waals surface area contributed by atoms with Gasteiger partial charge in [-0.2, -0.15) is 18.3 Å². The van der Waals surface area contributed by atoms with Crippen LogP contribution in [0.1, 0.15) is 40.4 Å². The molecule has 0 aliphatic carbocycles. The summed E-state index contributed by atoms with van der Waals surface area (Å²) >= 11 is 3.30. The van der Waals surface area contributed by atoms with Crippen LogP contribution in [0.5, 0.6) is 0 Å². The van der Waals surface area contributed by atoms with Crippen molar-refractivity contribution < 1.29 is 22.4 Å². The number of benzene rings is 1. The van der Waals surface area contributed by atoms with Crippen molar-refractivity contribution in [3.05, 3.63) is 87.7 Å². The Labute approximate surface area is 205 Å². The van der Waals surface area contributed by atoms with Crippen LogP contribution in [0, 0.1) is 5.82 Å². The van der Waals surface area contributed by atoms with Crippen molar-refractivity contribution in [2.24, 2.45) is 0 Å². The number of fused-ring (bicyclic) bond motifs is 1. The maximum atomic E-state index is 14.5. The summed E-state index contributed by atoms with van der Waals surface area (Å²) in [5, 5.41) is 7.47. The SMILES string of the molecule is CC(c1ncccc1F)N(Cc1ccc(C(F)(F)F)nn1)C(=O)c1ccc2nc(N)c(Br)cc2c1. The number of carbonyl (C=O) groups is 1. The van der Waals surface area contributed by atoms with E-state index in [2.05, 4.69) is 36.1 Å². The summed E-state index contributed by atoms with van der Waals surface area (Å²) in [6.07, 6.45) is -3.26. The molecule has 0 bridgehead atoms. The van der Waals surface area contributed by atoms with Crippen LogP contribution in [0.2, 0.25) is 0 Å². The van der Waals surface area contributed by atoms with E-state index in [4.69, 9.17) is 5.73 Å². The molecule has 0 saturated heterocycles. The molecule has 1 amide bonds. The second-order valence-electron chi connectivity index (χ2n) is 7.65. The molecule has 7 nitrogen and oxygen atoms in total. The molecule has 4 aromatic rings. The van der Waals surface area contributed by atoms with Crippen molar-refractivity contribution >= 4 is 38.6 Å². The fourth-order valence-electron chi connectivity index (χ4n) is 3.47. The zero-order valence-corrected chi connectivity index (χ0v) is 19.7. The monoisotopic (exact) mass is 548 g/mol. The first kappa shape index (κ1) is 24.5. The lowest BCUT2D eigenvalue weighted by atomic mass is 10.1. The Morgan fingerprint density at radius 1 is 1.14 bits per heavy atom. The normalized spacial score (nSPS) is 12.5. The molecule has 0 radical (unpaired) electrons. The molecule has 0 aliphatic rings. The number of rotatable bonds is 5. The minimum atomic E-state index is -4.65. The second kappa shape index (κ2) is 9.53. The van der Waals surface area contributed by atoms with E-state index in [1.165, 1.54) is 29.3 Å². The molecule has 180 valence electrons. The Bertz CT molecular complexity index is 1400. The summed E-state index contributed by atoms with van der Waals surface area (Å²) in [7, 11) is 0. The van der Waals surface area contributed by atoms with Crippen LogP contribution in [-0.4, -0.2) is 31.0 Å². The third-order valence-corrected chi connectivity index (χ3v) is 5.93. The van der Waals surface area contributed by atoms with Crippen molar-refractivity contribution in [2.75, 3.05) is 5.73 Å². The first-order chi connectivity index (χ1) is 16.5. The van der Waals surface area contributed by atoms with Crippen molar-refractivity contribution in [2.45, 2.75) is 25.7 Å². The summed E-state index contributed by atoms with van der Waals surface area (Å²) in [5.41, 5.74) is 5.56. The highest BCUT2D eigenvalue weighted by Gasteiger charge is 2.33. The zero-order valence-electron chi connectivity index (χ0n) is 18.1. The predicted octanol–water partition coefficient (Wildman–Crippen LogP) is 5.33. The molecule has 3 aromatic heterocycles. The number of anilines is 1. The van der Waals surface area contributed by atoms with E-state index in [1.54, 1.807) is 25.1 Å². The highest BCUT2D eigenvalue weighted by atomic mass is 79.9. The Hall–Kier alpha value is -3.67. The highest BCUT2D eigenvalue weighted by Crippen LogP contribution is 2.29. The number of aromatic nitrogens is 4. The van der Waals surface area contributed by atoms with E-state index in [1.807, 2.05) is 0 Å². The summed E-state index contributed by atoms with van der Waals surface area (Å²) in [6, 6.07) is 10.1. The molecule has 0 spiro atoms. The molecule has 35 heavy (non-hydrogen) atoms. The molecule has 0 fully saturated rings. The van der Waals surface area contributed by atoms with Gasteiger partial charge in [-0.05, 0) is 71.4 Å². The van der Waals surface area contributed by atoms with Gasteiger partial charge in [0.1, 0.15) is 11.6 Å². The Morgan fingerprint density at radius 3 is 2.57 bits per heavy atom. The second-order valence-corrected chi connectivity index (χ2v) is 8.50. The fraction of sp³-hybridized carbons (Fsp3) is 0.174. The van der Waals surface area contributed by atoms with Gasteiger partial charge in [0.25, 0.3) is 5.91 Å². The van der Waals surface area contributed by atoms with E-state index >= 15 is 0 Å². The third kappa shape index (κ3) is 5.21. The quantitative estimate of drug-likeness (QED) is 0.339. The van der Waals surface area contributed by atoms with Gasteiger partial charge < -0.3 is 10.6 Å². The van der Waals surface area contributed by atoms with Crippen molar-refractivity contribution in [3.63, 3.8) is 0 Å². The number of alkyl halides is 3. The zero-order chi connectivity index (χ0) is 25.3. The summed E-state index contributed by atoms with van der Waals surface area (Å²) in [4.78, 5) is 23.2. The lowest BCUT2D eigenvalue weighted by Gasteiger charge is -2.29. The molecule has 0 saturated carbocycles. The van der Waals surface area contributed by atoms with Crippen LogP contribution >= 0.6 is 15.9 Å². The molecular weight excluding hydrogens is 532 g/mol. The standard InChI is InChI=1S/C23H17BrF4N6O/c1-12(20-17(25)3-2-8-30-20)34(11-15-5-7-19(33-32-15)23(26,27)28)22(35)13-4-6-18-14(9-13)10-16(24)21(29)31-18/h2-10,12H,11H2,1H3,(H2,29,31). The van der Waals surface area contributed by atoms with Crippen LogP contribution in [0.15, 0.2) is 59.2 Å². The number of nitrogens with two attached hydrogens (primary N) is 1. The van der Waals surface area contributed by atoms with Crippen molar-refractivity contribution in [3.8, 4) is 0 Å². The molecule has 12 heteroatoms. The van der Waals surface area contributed by atoms with E-state index < -0.39 is 29.6 Å². The molecule has 1 atom stereocenters. The molecule has 2 N–H and O–H groups in total. The van der Waals surface area contributed by atoms with Gasteiger partial charge in [-0.25, -0.2) is 9.37 Å². The number of pyridine rings is 2. The Kier molecular flexibility index (Phi) is 6.66. The Morgan fingerprint density at radius 2 is 1.91 bits per heavy atom. The molecule has 0 aliphatic heterocycles. The van der Waals surface area contributed by atoms with Crippen molar-refractivity contribution in [1.29, 1.82) is 0 Å². The fourth-order valence-corrected chi connectivity index (χ4v) is 3.81. The van der Waals surface area contributed by atoms with Gasteiger partial charge in [-0.1, -0.05) is 0 Å². The number of carbonyl (C=O) groups excluding carboxylic acids is 1. The minimum Gasteiger partial charge on any atom is -0.383 e. The van der Waals surface area contributed by atoms with Crippen molar-refractivity contribution in [1.82, 2.24) is 25.1 Å². The van der Waals surface area contributed by atoms with E-state index in [0.717, 1.165) is 12.1 Å². The maximum Gasteiger partial charge on any atom is 0.435 e. The number of hydrogen-bond donors (Lipinski definition) is 1. The average Bonchev–Trinajstić information content (AvgIpc) is 2.82. The smallest absolute Gasteiger partial charge is 0.383 e. The third-order valence-electron chi connectivity index (χ3n) is 5.30. The number of hydrogen-bond acceptors (Lipinski definition) is 6. The Balaban J connectivity index is 1.73. The number of nitrogens with zero attached hydrogens (tertiary/aromatic N) is 5. The van der Waals surface area contributed by atoms with Crippen LogP contribution in [0.3, 0.4) is 0 Å². The number of amides is 1. The largest absolute Gasteiger partial charge is 0.435 e. The lowest BCUT2D eigenvalue weighted by molar-refractivity contribution is -0.141. The lowest BCUT2D eigenvalue weighted by Crippen LogP contribution is -2.34. The summed E-state index contributed by atoms with van der Waals surface area (Å²) in [5.74, 6) is -0.851. The number of nitrogen functional groups attached to an aromatic ring is 1. The minimum absolute atomic E-state index is 0.00121. The molecule has 1 aromatic carbocycles. The first-order valence-electron chi connectivity index (χ1n) is 10.2.